The van der Waals surface area contributed by atoms with Crippen molar-refractivity contribution >= 4 is 22.1 Å². The molecule has 8 N–H and O–H groups in total. The molecule has 0 bridgehead atoms. The topological polar surface area (TPSA) is 110 Å². The van der Waals surface area contributed by atoms with E-state index in [0.717, 1.165) is 0 Å². The molecule has 0 aromatic heterocycles. The lowest BCUT2D eigenvalue weighted by Gasteiger charge is -1.66. The standard InChI is InChI=1S/2H3N.H2O2S2/c;;1-3-4-2/h2*1H3;1-2H. The monoisotopic (exact) mass is 132 g/mol. The summed E-state index contributed by atoms with van der Waals surface area (Å²) in [5.74, 6) is 0. The molecular weight excluding hydrogens is 124 g/mol. The van der Waals surface area contributed by atoms with E-state index in [-0.39, 0.29) is 12.3 Å². The van der Waals surface area contributed by atoms with Crippen molar-refractivity contribution in [2.24, 2.45) is 0 Å². The van der Waals surface area contributed by atoms with E-state index in [2.05, 4.69) is 0 Å². The van der Waals surface area contributed by atoms with Gasteiger partial charge in [0, 0.05) is 0 Å². The van der Waals surface area contributed by atoms with Crippen LogP contribution < -0.4 is 12.3 Å². The third kappa shape index (κ3) is 24.0. The van der Waals surface area contributed by atoms with Crippen molar-refractivity contribution in [3.05, 3.63) is 0 Å². The molecule has 0 aliphatic carbocycles. The zero-order valence-corrected chi connectivity index (χ0v) is 4.76. The fourth-order valence-electron chi connectivity index (χ4n) is 0. The molecule has 0 heterocycles. The second-order valence-electron chi connectivity index (χ2n) is 0.149. The van der Waals surface area contributed by atoms with Crippen LogP contribution in [-0.2, 0) is 0 Å². The molecule has 0 fully saturated rings. The van der Waals surface area contributed by atoms with E-state index in [0.29, 0.717) is 22.1 Å². The van der Waals surface area contributed by atoms with Crippen molar-refractivity contribution in [3.63, 3.8) is 0 Å². The summed E-state index contributed by atoms with van der Waals surface area (Å²) in [5.41, 5.74) is 0. The minimum Gasteiger partial charge on any atom is -0.344 e. The van der Waals surface area contributed by atoms with Gasteiger partial charge in [-0.15, -0.1) is 0 Å². The normalized spacial score (nSPS) is 5.00. The van der Waals surface area contributed by atoms with E-state index in [1.165, 1.54) is 0 Å². The molecule has 0 radical (unpaired) electrons. The summed E-state index contributed by atoms with van der Waals surface area (Å²) in [7, 11) is 0. The molecule has 0 atom stereocenters. The second kappa shape index (κ2) is 17.7. The van der Waals surface area contributed by atoms with Crippen molar-refractivity contribution < 1.29 is 9.11 Å². The average Bonchev–Trinajstić information content (AvgIpc) is 1.37. The lowest BCUT2D eigenvalue weighted by atomic mass is 14.0. The van der Waals surface area contributed by atoms with Gasteiger partial charge in [0.05, 0.1) is 22.1 Å². The Labute approximate surface area is 44.3 Å². The first-order chi connectivity index (χ1) is 1.91. The Morgan fingerprint density at radius 3 is 1.00 bits per heavy atom. The molecule has 0 aliphatic heterocycles. The molecule has 0 unspecified atom stereocenters. The second-order valence-corrected chi connectivity index (χ2v) is 1.34. The fraction of sp³-hybridized carbons (Fsp3) is 0. The van der Waals surface area contributed by atoms with Crippen LogP contribution >= 0.6 is 22.1 Å². The fourth-order valence-corrected chi connectivity index (χ4v) is 0. The summed E-state index contributed by atoms with van der Waals surface area (Å²) in [5, 5.41) is 0. The minimum absolute atomic E-state index is 0. The van der Waals surface area contributed by atoms with E-state index in [1.807, 2.05) is 0 Å². The Morgan fingerprint density at radius 2 is 1.00 bits per heavy atom. The van der Waals surface area contributed by atoms with E-state index < -0.39 is 0 Å². The quantitative estimate of drug-likeness (QED) is 0.319. The average molecular weight is 132 g/mol. The molecule has 0 aromatic carbocycles. The highest BCUT2D eigenvalue weighted by Gasteiger charge is 1.61. The summed E-state index contributed by atoms with van der Waals surface area (Å²) >= 11 is 0.657. The van der Waals surface area contributed by atoms with Gasteiger partial charge < -0.3 is 21.4 Å². The van der Waals surface area contributed by atoms with E-state index in [4.69, 9.17) is 9.11 Å². The van der Waals surface area contributed by atoms with Crippen LogP contribution in [-0.4, -0.2) is 9.11 Å². The van der Waals surface area contributed by atoms with Crippen molar-refractivity contribution in [2.75, 3.05) is 0 Å². The van der Waals surface area contributed by atoms with Crippen molar-refractivity contribution in [1.82, 2.24) is 12.3 Å². The van der Waals surface area contributed by atoms with Gasteiger partial charge in [-0.05, 0) is 0 Å². The summed E-state index contributed by atoms with van der Waals surface area (Å²) in [6.45, 7) is 0. The molecule has 0 aromatic rings. The molecule has 0 aliphatic rings. The van der Waals surface area contributed by atoms with Crippen molar-refractivity contribution in [1.29, 1.82) is 0 Å². The maximum absolute atomic E-state index is 7.50. The lowest BCUT2D eigenvalue weighted by molar-refractivity contribution is 0.655. The van der Waals surface area contributed by atoms with Gasteiger partial charge in [-0.25, -0.2) is 0 Å². The maximum atomic E-state index is 7.50. The number of hydrogen-bond donors (Lipinski definition) is 4. The van der Waals surface area contributed by atoms with Crippen LogP contribution in [0, 0.1) is 0 Å². The van der Waals surface area contributed by atoms with Crippen molar-refractivity contribution in [2.45, 2.75) is 0 Å². The molecular formula is H8N2O2S2. The first-order valence-electron chi connectivity index (χ1n) is 0.532. The molecule has 6 heavy (non-hydrogen) atoms. The molecule has 0 saturated carbocycles. The highest BCUT2D eigenvalue weighted by Crippen LogP contribution is 2.07. The smallest absolute Gasteiger partial charge is 0.0894 e. The van der Waals surface area contributed by atoms with E-state index >= 15 is 0 Å². The van der Waals surface area contributed by atoms with Gasteiger partial charge in [-0.2, -0.15) is 0 Å². The summed E-state index contributed by atoms with van der Waals surface area (Å²) in [6, 6.07) is 0. The van der Waals surface area contributed by atoms with Gasteiger partial charge >= 0.3 is 0 Å². The van der Waals surface area contributed by atoms with Crippen LogP contribution in [0.25, 0.3) is 0 Å². The summed E-state index contributed by atoms with van der Waals surface area (Å²) in [6.07, 6.45) is 0. The Morgan fingerprint density at radius 1 is 0.833 bits per heavy atom. The number of hydrogen-bond acceptors (Lipinski definition) is 6. The third-order valence-electron chi connectivity index (χ3n) is 0.0333. The molecule has 0 saturated heterocycles. The van der Waals surface area contributed by atoms with Crippen LogP contribution in [0.15, 0.2) is 0 Å². The minimum atomic E-state index is 0. The Bertz CT molecular complexity index is 11.5. The summed E-state index contributed by atoms with van der Waals surface area (Å²) < 4.78 is 15.0. The first-order valence-corrected chi connectivity index (χ1v) is 2.60. The Hall–Kier alpha value is 0.540. The zero-order chi connectivity index (χ0) is 3.41. The maximum Gasteiger partial charge on any atom is 0.0894 e. The third-order valence-corrected chi connectivity index (χ3v) is 0.300. The van der Waals surface area contributed by atoms with E-state index in [9.17, 15) is 0 Å². The molecule has 0 spiro atoms. The summed E-state index contributed by atoms with van der Waals surface area (Å²) in [4.78, 5) is 0. The first kappa shape index (κ1) is 16.0. The highest BCUT2D eigenvalue weighted by atomic mass is 33.1. The zero-order valence-electron chi connectivity index (χ0n) is 3.13. The predicted molar refractivity (Wildman–Crippen MR) is 30.5 cm³/mol. The SMILES string of the molecule is N.N.OSSO. The van der Waals surface area contributed by atoms with Gasteiger partial charge in [-0.3, -0.25) is 0 Å². The molecule has 4 nitrogen and oxygen atoms in total. The molecule has 0 amide bonds. The van der Waals surface area contributed by atoms with Crippen LogP contribution in [0.2, 0.25) is 0 Å². The largest absolute Gasteiger partial charge is 0.344 e. The van der Waals surface area contributed by atoms with Gasteiger partial charge in [0.2, 0.25) is 0 Å². The Balaban J connectivity index is -0.0000000450. The van der Waals surface area contributed by atoms with Crippen LogP contribution in [0.5, 0.6) is 0 Å². The van der Waals surface area contributed by atoms with Crippen LogP contribution in [0.3, 0.4) is 0 Å². The number of rotatable bonds is 1. The molecule has 6 heteroatoms. The van der Waals surface area contributed by atoms with Gasteiger partial charge in [0.1, 0.15) is 0 Å². The lowest BCUT2D eigenvalue weighted by Crippen LogP contribution is -1.32. The van der Waals surface area contributed by atoms with Crippen LogP contribution in [0.4, 0.5) is 0 Å². The highest BCUT2D eigenvalue weighted by molar-refractivity contribution is 8.72. The van der Waals surface area contributed by atoms with Gasteiger partial charge in [0.15, 0.2) is 0 Å². The van der Waals surface area contributed by atoms with Gasteiger partial charge in [-0.1, -0.05) is 0 Å². The van der Waals surface area contributed by atoms with Gasteiger partial charge in [0.25, 0.3) is 0 Å². The van der Waals surface area contributed by atoms with Crippen LogP contribution in [0.1, 0.15) is 0 Å². The predicted octanol–water partition coefficient (Wildman–Crippen LogP) is 1.64. The molecule has 42 valence electrons. The molecule has 0 rings (SSSR count). The van der Waals surface area contributed by atoms with Crippen molar-refractivity contribution in [3.8, 4) is 0 Å². The Kier molecular flexibility index (Phi) is 47.2. The van der Waals surface area contributed by atoms with E-state index in [1.54, 1.807) is 0 Å².